The summed E-state index contributed by atoms with van der Waals surface area (Å²) in [5.74, 6) is 0.784. The van der Waals surface area contributed by atoms with E-state index in [2.05, 4.69) is 31.2 Å². The molecule has 3 rings (SSSR count). The van der Waals surface area contributed by atoms with E-state index in [1.54, 1.807) is 7.11 Å². The molecule has 4 heteroatoms. The first-order valence-corrected chi connectivity index (χ1v) is 17.7. The van der Waals surface area contributed by atoms with Gasteiger partial charge in [-0.2, -0.15) is 0 Å². The zero-order chi connectivity index (χ0) is 32.2. The Labute approximate surface area is 274 Å². The van der Waals surface area contributed by atoms with Gasteiger partial charge in [-0.15, -0.1) is 0 Å². The number of hydrogen-bond acceptors (Lipinski definition) is 4. The van der Waals surface area contributed by atoms with Crippen molar-refractivity contribution >= 4 is 0 Å². The van der Waals surface area contributed by atoms with Gasteiger partial charge >= 0.3 is 0 Å². The van der Waals surface area contributed by atoms with Crippen molar-refractivity contribution in [1.82, 2.24) is 0 Å². The van der Waals surface area contributed by atoms with Gasteiger partial charge < -0.3 is 19.3 Å². The third-order valence-electron chi connectivity index (χ3n) is 9.09. The van der Waals surface area contributed by atoms with Gasteiger partial charge in [0.05, 0.1) is 19.3 Å². The maximum Gasteiger partial charge on any atom is 0.143 e. The van der Waals surface area contributed by atoms with Gasteiger partial charge in [0.1, 0.15) is 17.5 Å². The van der Waals surface area contributed by atoms with Crippen LogP contribution in [0.5, 0.6) is 5.75 Å². The average molecular weight is 617 g/mol. The largest absolute Gasteiger partial charge is 0.497 e. The van der Waals surface area contributed by atoms with Gasteiger partial charge in [-0.05, 0) is 49.1 Å². The van der Waals surface area contributed by atoms with E-state index in [1.165, 1.54) is 83.5 Å². The summed E-state index contributed by atoms with van der Waals surface area (Å²) >= 11 is 0. The van der Waals surface area contributed by atoms with Crippen LogP contribution in [0.15, 0.2) is 84.9 Å². The lowest BCUT2D eigenvalue weighted by Crippen LogP contribution is -2.45. The summed E-state index contributed by atoms with van der Waals surface area (Å²) in [5.41, 5.74) is 1.30. The molecule has 0 saturated heterocycles. The smallest absolute Gasteiger partial charge is 0.143 e. The average Bonchev–Trinajstić information content (AvgIpc) is 3.08. The zero-order valence-electron chi connectivity index (χ0n) is 28.6. The van der Waals surface area contributed by atoms with Crippen molar-refractivity contribution in [3.63, 3.8) is 0 Å². The molecule has 0 amide bonds. The van der Waals surface area contributed by atoms with Gasteiger partial charge in [-0.1, -0.05) is 163 Å². The first kappa shape index (κ1) is 36.8. The molecule has 0 fully saturated rings. The number of hydrogen-bond donors (Lipinski definition) is 1. The van der Waals surface area contributed by atoms with Crippen molar-refractivity contribution < 1.29 is 19.3 Å². The summed E-state index contributed by atoms with van der Waals surface area (Å²) < 4.78 is 18.6. The normalized spacial score (nSPS) is 12.7. The van der Waals surface area contributed by atoms with Gasteiger partial charge in [0, 0.05) is 6.61 Å². The molecule has 3 aromatic rings. The van der Waals surface area contributed by atoms with E-state index >= 15 is 0 Å². The molecule has 1 atom stereocenters. The minimum atomic E-state index is -0.916. The molecule has 0 aromatic heterocycles. The highest BCUT2D eigenvalue weighted by molar-refractivity contribution is 5.48. The maximum atomic E-state index is 11.4. The molecule has 0 saturated carbocycles. The first-order valence-electron chi connectivity index (χ1n) is 17.7. The molecular weight excluding hydrogens is 556 g/mol. The van der Waals surface area contributed by atoms with Crippen LogP contribution in [-0.2, 0) is 15.1 Å². The minimum absolute atomic E-state index is 0.113. The lowest BCUT2D eigenvalue weighted by molar-refractivity contribution is -0.140. The molecule has 0 heterocycles. The molecule has 45 heavy (non-hydrogen) atoms. The molecule has 0 aliphatic rings. The SMILES string of the molecule is CCCCCCCCCCCCCCCCOC(C)(C)C(O)COC(c1ccccc1)(c1ccccc1)c1ccc(OC)cc1. The van der Waals surface area contributed by atoms with Crippen LogP contribution in [0.1, 0.15) is 127 Å². The maximum absolute atomic E-state index is 11.4. The van der Waals surface area contributed by atoms with Gasteiger partial charge in [0.2, 0.25) is 0 Å². The van der Waals surface area contributed by atoms with E-state index in [4.69, 9.17) is 14.2 Å². The lowest BCUT2D eigenvalue weighted by Gasteiger charge is -2.39. The fraction of sp³-hybridized carbons (Fsp3) is 0.561. The molecule has 248 valence electrons. The Morgan fingerprint density at radius 3 is 1.42 bits per heavy atom. The first-order chi connectivity index (χ1) is 21.9. The van der Waals surface area contributed by atoms with Crippen LogP contribution in [0.4, 0.5) is 0 Å². The van der Waals surface area contributed by atoms with Crippen LogP contribution in [0, 0.1) is 0 Å². The molecule has 0 bridgehead atoms. The third kappa shape index (κ3) is 11.9. The highest BCUT2D eigenvalue weighted by atomic mass is 16.5. The molecule has 0 aliphatic carbocycles. The van der Waals surface area contributed by atoms with Gasteiger partial charge in [-0.3, -0.25) is 0 Å². The monoisotopic (exact) mass is 616 g/mol. The van der Waals surface area contributed by atoms with E-state index in [9.17, 15) is 5.11 Å². The summed E-state index contributed by atoms with van der Waals surface area (Å²) in [6.07, 6.45) is 17.8. The summed E-state index contributed by atoms with van der Waals surface area (Å²) in [6, 6.07) is 28.5. The Hall–Kier alpha value is -2.66. The fourth-order valence-electron chi connectivity index (χ4n) is 6.05. The molecule has 0 radical (unpaired) electrons. The van der Waals surface area contributed by atoms with Crippen molar-refractivity contribution in [2.75, 3.05) is 20.3 Å². The van der Waals surface area contributed by atoms with Crippen LogP contribution in [0.25, 0.3) is 0 Å². The van der Waals surface area contributed by atoms with E-state index in [0.29, 0.717) is 6.61 Å². The highest BCUT2D eigenvalue weighted by Gasteiger charge is 2.40. The van der Waals surface area contributed by atoms with Crippen molar-refractivity contribution in [3.8, 4) is 5.75 Å². The van der Waals surface area contributed by atoms with Crippen LogP contribution in [0.3, 0.4) is 0 Å². The van der Waals surface area contributed by atoms with Crippen molar-refractivity contribution in [2.24, 2.45) is 0 Å². The van der Waals surface area contributed by atoms with E-state index in [1.807, 2.05) is 74.5 Å². The van der Waals surface area contributed by atoms with E-state index in [-0.39, 0.29) is 6.61 Å². The van der Waals surface area contributed by atoms with Crippen LogP contribution >= 0.6 is 0 Å². The number of aliphatic hydroxyl groups excluding tert-OH is 1. The highest BCUT2D eigenvalue weighted by Crippen LogP contribution is 2.41. The Kier molecular flexibility index (Phi) is 16.7. The van der Waals surface area contributed by atoms with Crippen molar-refractivity contribution in [2.45, 2.75) is 128 Å². The second-order valence-electron chi connectivity index (χ2n) is 13.0. The van der Waals surface area contributed by atoms with Crippen LogP contribution in [-0.4, -0.2) is 37.1 Å². The number of ether oxygens (including phenoxy) is 3. The number of benzene rings is 3. The Balaban J connectivity index is 1.49. The second-order valence-corrected chi connectivity index (χ2v) is 13.0. The molecule has 3 aromatic carbocycles. The number of rotatable bonds is 24. The Morgan fingerprint density at radius 2 is 0.978 bits per heavy atom. The Bertz CT molecular complexity index is 1100. The van der Waals surface area contributed by atoms with E-state index < -0.39 is 17.3 Å². The minimum Gasteiger partial charge on any atom is -0.497 e. The molecular formula is C41H60O4. The van der Waals surface area contributed by atoms with Gasteiger partial charge in [-0.25, -0.2) is 0 Å². The van der Waals surface area contributed by atoms with Crippen LogP contribution in [0.2, 0.25) is 0 Å². The molecule has 1 unspecified atom stereocenters. The predicted octanol–water partition coefficient (Wildman–Crippen LogP) is 10.6. The predicted molar refractivity (Wildman–Crippen MR) is 188 cm³/mol. The topological polar surface area (TPSA) is 47.9 Å². The third-order valence-corrected chi connectivity index (χ3v) is 9.09. The second kappa shape index (κ2) is 20.5. The number of aliphatic hydroxyl groups is 1. The van der Waals surface area contributed by atoms with Crippen molar-refractivity contribution in [1.29, 1.82) is 0 Å². The molecule has 1 N–H and O–H groups in total. The number of unbranched alkanes of at least 4 members (excludes halogenated alkanes) is 13. The molecule has 0 spiro atoms. The Morgan fingerprint density at radius 1 is 0.556 bits per heavy atom. The molecule has 0 aliphatic heterocycles. The number of methoxy groups -OCH3 is 1. The summed E-state index contributed by atoms with van der Waals surface area (Å²) in [5, 5.41) is 11.4. The van der Waals surface area contributed by atoms with Crippen LogP contribution < -0.4 is 4.74 Å². The summed E-state index contributed by atoms with van der Waals surface area (Å²) in [4.78, 5) is 0. The van der Waals surface area contributed by atoms with Gasteiger partial charge in [0.25, 0.3) is 0 Å². The lowest BCUT2D eigenvalue weighted by atomic mass is 9.80. The van der Waals surface area contributed by atoms with Crippen molar-refractivity contribution in [3.05, 3.63) is 102 Å². The summed E-state index contributed by atoms with van der Waals surface area (Å²) in [6.45, 7) is 6.96. The standard InChI is InChI=1S/C41H60O4/c1-5-6-7-8-9-10-11-12-13-14-15-16-17-24-33-44-40(2,3)39(42)34-45-41(35-25-20-18-21-26-35,36-27-22-19-23-28-36)37-29-31-38(43-4)32-30-37/h18-23,25-32,39,42H,5-17,24,33-34H2,1-4H3. The zero-order valence-corrected chi connectivity index (χ0v) is 28.6. The fourth-order valence-corrected chi connectivity index (χ4v) is 6.05. The molecule has 4 nitrogen and oxygen atoms in total. The van der Waals surface area contributed by atoms with Gasteiger partial charge in [0.15, 0.2) is 0 Å². The summed E-state index contributed by atoms with van der Waals surface area (Å²) in [7, 11) is 1.67. The quantitative estimate of drug-likeness (QED) is 0.0803. The van der Waals surface area contributed by atoms with E-state index in [0.717, 1.165) is 28.9 Å².